The fraction of sp³-hybridized carbons (Fsp3) is 0.867. The molecule has 2 aliphatic heterocycles. The summed E-state index contributed by atoms with van der Waals surface area (Å²) in [5, 5.41) is 0. The van der Waals surface area contributed by atoms with Crippen molar-refractivity contribution in [2.75, 3.05) is 13.1 Å². The van der Waals surface area contributed by atoms with Crippen LogP contribution in [0.2, 0.25) is 0 Å². The maximum atomic E-state index is 12.6. The van der Waals surface area contributed by atoms with Crippen molar-refractivity contribution in [2.24, 2.45) is 5.92 Å². The fourth-order valence-electron chi connectivity index (χ4n) is 4.18. The van der Waals surface area contributed by atoms with Crippen LogP contribution in [0.3, 0.4) is 0 Å². The number of hydrogen-bond acceptors (Lipinski definition) is 2. The van der Waals surface area contributed by atoms with E-state index in [1.165, 1.54) is 19.3 Å². The van der Waals surface area contributed by atoms with E-state index in [4.69, 9.17) is 0 Å². The van der Waals surface area contributed by atoms with Gasteiger partial charge in [0.1, 0.15) is 12.6 Å². The Morgan fingerprint density at radius 1 is 1.05 bits per heavy atom. The number of fused-ring (bicyclic) bond motifs is 1. The van der Waals surface area contributed by atoms with Crippen molar-refractivity contribution in [3.8, 4) is 0 Å². The Kier molecular flexibility index (Phi) is 3.50. The molecule has 0 N–H and O–H groups in total. The molecule has 106 valence electrons. The number of nitrogens with zero attached hydrogens (tertiary/aromatic N) is 2. The van der Waals surface area contributed by atoms with Gasteiger partial charge in [0.15, 0.2) is 0 Å². The summed E-state index contributed by atoms with van der Waals surface area (Å²) in [6.45, 7) is 3.32. The summed E-state index contributed by atoms with van der Waals surface area (Å²) in [6.07, 6.45) is 7.76. The van der Waals surface area contributed by atoms with E-state index in [2.05, 4.69) is 6.92 Å². The number of amides is 2. The monoisotopic (exact) mass is 264 g/mol. The first-order chi connectivity index (χ1) is 9.22. The van der Waals surface area contributed by atoms with Crippen molar-refractivity contribution in [3.63, 3.8) is 0 Å². The summed E-state index contributed by atoms with van der Waals surface area (Å²) in [7, 11) is 0. The molecule has 2 saturated heterocycles. The van der Waals surface area contributed by atoms with Gasteiger partial charge in [0.05, 0.1) is 0 Å². The predicted molar refractivity (Wildman–Crippen MR) is 72.5 cm³/mol. The lowest BCUT2D eigenvalue weighted by Crippen LogP contribution is -2.61. The quantitative estimate of drug-likeness (QED) is 0.763. The first-order valence-corrected chi connectivity index (χ1v) is 7.82. The molecule has 2 amide bonds. The van der Waals surface area contributed by atoms with Crippen LogP contribution in [0.15, 0.2) is 0 Å². The second-order valence-corrected chi connectivity index (χ2v) is 6.23. The van der Waals surface area contributed by atoms with Gasteiger partial charge in [0.2, 0.25) is 11.8 Å². The SMILES string of the molecule is CCC1CCCCC1N1CC(=O)N2CCCC2C1=O. The van der Waals surface area contributed by atoms with Gasteiger partial charge in [-0.3, -0.25) is 9.59 Å². The Labute approximate surface area is 115 Å². The molecule has 2 heterocycles. The molecule has 0 aromatic heterocycles. The molecular formula is C15H24N2O2. The Morgan fingerprint density at radius 2 is 1.84 bits per heavy atom. The first-order valence-electron chi connectivity index (χ1n) is 7.82. The summed E-state index contributed by atoms with van der Waals surface area (Å²) in [5.41, 5.74) is 0. The topological polar surface area (TPSA) is 40.6 Å². The highest BCUT2D eigenvalue weighted by Crippen LogP contribution is 2.34. The molecule has 3 aliphatic rings. The average Bonchev–Trinajstić information content (AvgIpc) is 2.93. The van der Waals surface area contributed by atoms with Gasteiger partial charge < -0.3 is 9.80 Å². The van der Waals surface area contributed by atoms with Crippen LogP contribution in [0.1, 0.15) is 51.9 Å². The van der Waals surface area contributed by atoms with Crippen LogP contribution in [0.4, 0.5) is 0 Å². The molecule has 0 aromatic rings. The lowest BCUT2D eigenvalue weighted by molar-refractivity contribution is -0.157. The Balaban J connectivity index is 1.79. The van der Waals surface area contributed by atoms with Gasteiger partial charge in [0, 0.05) is 12.6 Å². The standard InChI is InChI=1S/C15H24N2O2/c1-2-11-6-3-4-7-12(11)17-10-14(18)16-9-5-8-13(16)15(17)19/h11-13H,2-10H2,1H3. The summed E-state index contributed by atoms with van der Waals surface area (Å²) >= 11 is 0. The summed E-state index contributed by atoms with van der Waals surface area (Å²) in [6, 6.07) is 0.179. The third-order valence-electron chi connectivity index (χ3n) is 5.24. The Morgan fingerprint density at radius 3 is 2.63 bits per heavy atom. The second-order valence-electron chi connectivity index (χ2n) is 6.23. The fourth-order valence-corrected chi connectivity index (χ4v) is 4.18. The predicted octanol–water partition coefficient (Wildman–Crippen LogP) is 1.79. The van der Waals surface area contributed by atoms with E-state index in [9.17, 15) is 9.59 Å². The minimum atomic E-state index is -0.138. The number of hydrogen-bond donors (Lipinski definition) is 0. The van der Waals surface area contributed by atoms with E-state index < -0.39 is 0 Å². The molecule has 0 radical (unpaired) electrons. The van der Waals surface area contributed by atoms with Crippen LogP contribution in [0.25, 0.3) is 0 Å². The van der Waals surface area contributed by atoms with Crippen LogP contribution in [0.5, 0.6) is 0 Å². The first kappa shape index (κ1) is 12.9. The zero-order chi connectivity index (χ0) is 13.4. The highest BCUT2D eigenvalue weighted by molar-refractivity contribution is 5.95. The Bertz CT molecular complexity index is 382. The van der Waals surface area contributed by atoms with Crippen LogP contribution in [-0.2, 0) is 9.59 Å². The molecule has 3 atom stereocenters. The van der Waals surface area contributed by atoms with Gasteiger partial charge >= 0.3 is 0 Å². The van der Waals surface area contributed by atoms with Crippen LogP contribution < -0.4 is 0 Å². The molecule has 0 bridgehead atoms. The molecule has 3 unspecified atom stereocenters. The highest BCUT2D eigenvalue weighted by Gasteiger charge is 2.45. The molecule has 0 spiro atoms. The van der Waals surface area contributed by atoms with Crippen LogP contribution >= 0.6 is 0 Å². The van der Waals surface area contributed by atoms with Gasteiger partial charge in [-0.2, -0.15) is 0 Å². The molecule has 4 nitrogen and oxygen atoms in total. The minimum absolute atomic E-state index is 0.138. The molecule has 3 fully saturated rings. The molecule has 19 heavy (non-hydrogen) atoms. The number of carbonyl (C=O) groups excluding carboxylic acids is 2. The van der Waals surface area contributed by atoms with Crippen molar-refractivity contribution in [2.45, 2.75) is 64.0 Å². The van der Waals surface area contributed by atoms with Gasteiger partial charge in [-0.25, -0.2) is 0 Å². The molecule has 0 aromatic carbocycles. The smallest absolute Gasteiger partial charge is 0.246 e. The van der Waals surface area contributed by atoms with Crippen molar-refractivity contribution in [1.82, 2.24) is 9.80 Å². The lowest BCUT2D eigenvalue weighted by atomic mass is 9.81. The van der Waals surface area contributed by atoms with Gasteiger partial charge in [0.25, 0.3) is 0 Å². The van der Waals surface area contributed by atoms with Gasteiger partial charge in [-0.05, 0) is 31.6 Å². The number of rotatable bonds is 2. The van der Waals surface area contributed by atoms with E-state index in [1.807, 2.05) is 9.80 Å². The molecule has 1 aliphatic carbocycles. The maximum Gasteiger partial charge on any atom is 0.246 e. The van der Waals surface area contributed by atoms with Crippen LogP contribution in [-0.4, -0.2) is 46.8 Å². The van der Waals surface area contributed by atoms with Crippen molar-refractivity contribution in [1.29, 1.82) is 0 Å². The largest absolute Gasteiger partial charge is 0.329 e. The van der Waals surface area contributed by atoms with Gasteiger partial charge in [-0.15, -0.1) is 0 Å². The van der Waals surface area contributed by atoms with Crippen molar-refractivity contribution in [3.05, 3.63) is 0 Å². The van der Waals surface area contributed by atoms with E-state index >= 15 is 0 Å². The Hall–Kier alpha value is -1.06. The van der Waals surface area contributed by atoms with Crippen molar-refractivity contribution >= 4 is 11.8 Å². The molecular weight excluding hydrogens is 240 g/mol. The molecule has 1 saturated carbocycles. The maximum absolute atomic E-state index is 12.6. The van der Waals surface area contributed by atoms with E-state index in [0.717, 1.165) is 32.2 Å². The third kappa shape index (κ3) is 2.15. The zero-order valence-corrected chi connectivity index (χ0v) is 11.8. The highest BCUT2D eigenvalue weighted by atomic mass is 16.2. The number of carbonyl (C=O) groups is 2. The zero-order valence-electron chi connectivity index (χ0n) is 11.8. The van der Waals surface area contributed by atoms with E-state index in [1.54, 1.807) is 0 Å². The molecule has 4 heteroatoms. The summed E-state index contributed by atoms with van der Waals surface area (Å²) in [5.74, 6) is 0.989. The van der Waals surface area contributed by atoms with Crippen LogP contribution in [0, 0.1) is 5.92 Å². The average molecular weight is 264 g/mol. The third-order valence-corrected chi connectivity index (χ3v) is 5.24. The number of piperazine rings is 1. The molecule has 3 rings (SSSR count). The van der Waals surface area contributed by atoms with Gasteiger partial charge in [-0.1, -0.05) is 26.2 Å². The van der Waals surface area contributed by atoms with E-state index in [-0.39, 0.29) is 17.9 Å². The normalized spacial score (nSPS) is 35.7. The summed E-state index contributed by atoms with van der Waals surface area (Å²) < 4.78 is 0. The van der Waals surface area contributed by atoms with Crippen molar-refractivity contribution < 1.29 is 9.59 Å². The second kappa shape index (κ2) is 5.14. The lowest BCUT2D eigenvalue weighted by Gasteiger charge is -2.45. The minimum Gasteiger partial charge on any atom is -0.329 e. The van der Waals surface area contributed by atoms with E-state index in [0.29, 0.717) is 18.5 Å². The summed E-state index contributed by atoms with van der Waals surface area (Å²) in [4.78, 5) is 28.6.